The molecule has 1 aromatic heterocycles. The molecule has 1 aliphatic carbocycles. The fourth-order valence-corrected chi connectivity index (χ4v) is 2.89. The van der Waals surface area contributed by atoms with Crippen LogP contribution < -0.4 is 10.6 Å². The van der Waals surface area contributed by atoms with Crippen LogP contribution >= 0.6 is 0 Å². The predicted octanol–water partition coefficient (Wildman–Crippen LogP) is -0.440. The van der Waals surface area contributed by atoms with E-state index in [0.29, 0.717) is 19.0 Å². The summed E-state index contributed by atoms with van der Waals surface area (Å²) in [6.45, 7) is 0.638. The van der Waals surface area contributed by atoms with Crippen LogP contribution in [0.4, 0.5) is 0 Å². The summed E-state index contributed by atoms with van der Waals surface area (Å²) < 4.78 is 1.67. The minimum absolute atomic E-state index is 0.0851. The minimum atomic E-state index is -0.441. The molecule has 2 heterocycles. The zero-order valence-electron chi connectivity index (χ0n) is 12.4. The molecule has 0 bridgehead atoms. The van der Waals surface area contributed by atoms with E-state index in [1.54, 1.807) is 17.9 Å². The zero-order valence-corrected chi connectivity index (χ0v) is 12.4. The monoisotopic (exact) mass is 291 g/mol. The lowest BCUT2D eigenvalue weighted by molar-refractivity contribution is -0.128. The number of aromatic nitrogens is 2. The van der Waals surface area contributed by atoms with Gasteiger partial charge in [0.2, 0.25) is 11.8 Å². The fraction of sp³-hybridized carbons (Fsp3) is 0.643. The molecule has 2 aliphatic rings. The van der Waals surface area contributed by atoms with Crippen LogP contribution in [0, 0.1) is 0 Å². The number of likely N-dealkylation sites (tertiary alicyclic amines) is 1. The van der Waals surface area contributed by atoms with Gasteiger partial charge in [0.1, 0.15) is 6.04 Å². The Hall–Kier alpha value is -1.89. The number of hydrogen-bond acceptors (Lipinski definition) is 4. The second kappa shape index (κ2) is 5.48. The number of rotatable bonds is 5. The van der Waals surface area contributed by atoms with Crippen LogP contribution in [0.3, 0.4) is 0 Å². The Morgan fingerprint density at radius 1 is 1.48 bits per heavy atom. The lowest BCUT2D eigenvalue weighted by Gasteiger charge is -2.19. The highest BCUT2D eigenvalue weighted by Gasteiger charge is 2.40. The molecular weight excluding hydrogens is 270 g/mol. The van der Waals surface area contributed by atoms with Crippen LogP contribution in [0.1, 0.15) is 30.9 Å². The van der Waals surface area contributed by atoms with E-state index < -0.39 is 6.04 Å². The van der Waals surface area contributed by atoms with Crippen LogP contribution in [0.2, 0.25) is 0 Å². The summed E-state index contributed by atoms with van der Waals surface area (Å²) >= 11 is 0. The normalized spacial score (nSPS) is 23.4. The van der Waals surface area contributed by atoms with E-state index in [1.165, 1.54) is 0 Å². The summed E-state index contributed by atoms with van der Waals surface area (Å²) in [5.74, 6) is 0.0473. The Bertz CT molecular complexity index is 551. The van der Waals surface area contributed by atoms with Crippen molar-refractivity contribution in [2.75, 3.05) is 13.6 Å². The minimum Gasteiger partial charge on any atom is -0.349 e. The molecule has 2 N–H and O–H groups in total. The molecule has 0 radical (unpaired) electrons. The molecule has 2 amide bonds. The summed E-state index contributed by atoms with van der Waals surface area (Å²) in [6.07, 6.45) is 6.10. The van der Waals surface area contributed by atoms with Crippen LogP contribution in [-0.4, -0.2) is 52.2 Å². The third-order valence-electron chi connectivity index (χ3n) is 4.10. The first-order valence-electron chi connectivity index (χ1n) is 7.34. The topological polar surface area (TPSA) is 79.3 Å². The molecule has 2 fully saturated rings. The third kappa shape index (κ3) is 2.92. The number of aryl methyl sites for hydroxylation is 1. The number of amides is 2. The number of nitrogens with zero attached hydrogens (tertiary/aromatic N) is 3. The molecule has 1 aliphatic heterocycles. The fourth-order valence-electron chi connectivity index (χ4n) is 2.89. The first-order chi connectivity index (χ1) is 10.1. The molecule has 7 nitrogen and oxygen atoms in total. The highest BCUT2D eigenvalue weighted by atomic mass is 16.2. The van der Waals surface area contributed by atoms with Crippen LogP contribution in [-0.2, 0) is 16.6 Å². The zero-order chi connectivity index (χ0) is 15.0. The Morgan fingerprint density at radius 2 is 2.24 bits per heavy atom. The molecule has 1 aromatic rings. The summed E-state index contributed by atoms with van der Waals surface area (Å²) in [4.78, 5) is 26.2. The molecule has 2 atom stereocenters. The third-order valence-corrected chi connectivity index (χ3v) is 4.10. The summed E-state index contributed by atoms with van der Waals surface area (Å²) in [5, 5.41) is 10.1. The Morgan fingerprint density at radius 3 is 2.81 bits per heavy atom. The highest BCUT2D eigenvalue weighted by Crippen LogP contribution is 2.30. The van der Waals surface area contributed by atoms with E-state index in [4.69, 9.17) is 0 Å². The largest absolute Gasteiger partial charge is 0.349 e. The maximum Gasteiger partial charge on any atom is 0.242 e. The number of likely N-dealkylation sites (N-methyl/N-ethyl adjacent to an activating group) is 1. The van der Waals surface area contributed by atoms with Gasteiger partial charge in [0.15, 0.2) is 0 Å². The number of hydrogen-bond donors (Lipinski definition) is 2. The predicted molar refractivity (Wildman–Crippen MR) is 76.3 cm³/mol. The molecule has 21 heavy (non-hydrogen) atoms. The van der Waals surface area contributed by atoms with E-state index >= 15 is 0 Å². The van der Waals surface area contributed by atoms with Gasteiger partial charge in [0.25, 0.3) is 0 Å². The molecule has 1 saturated carbocycles. The molecule has 7 heteroatoms. The van der Waals surface area contributed by atoms with Gasteiger partial charge in [-0.25, -0.2) is 0 Å². The van der Waals surface area contributed by atoms with Crippen molar-refractivity contribution in [3.8, 4) is 0 Å². The van der Waals surface area contributed by atoms with Gasteiger partial charge >= 0.3 is 0 Å². The molecular formula is C14H21N5O2. The van der Waals surface area contributed by atoms with E-state index in [9.17, 15) is 9.59 Å². The highest BCUT2D eigenvalue weighted by molar-refractivity contribution is 5.85. The van der Waals surface area contributed by atoms with Crippen molar-refractivity contribution in [3.63, 3.8) is 0 Å². The number of carbonyl (C=O) groups excluding carboxylic acids is 2. The lowest BCUT2D eigenvalue weighted by Crippen LogP contribution is -2.43. The maximum atomic E-state index is 12.4. The van der Waals surface area contributed by atoms with Gasteiger partial charge in [-0.1, -0.05) is 0 Å². The van der Waals surface area contributed by atoms with E-state index in [0.717, 1.165) is 18.4 Å². The van der Waals surface area contributed by atoms with Gasteiger partial charge in [0.05, 0.1) is 12.2 Å². The Kier molecular flexibility index (Phi) is 3.67. The first kappa shape index (κ1) is 14.1. The summed E-state index contributed by atoms with van der Waals surface area (Å²) in [5.41, 5.74) is 0.820. The molecule has 0 spiro atoms. The van der Waals surface area contributed by atoms with Crippen molar-refractivity contribution in [1.82, 2.24) is 25.3 Å². The standard InChI is InChI=1S/C14H21N5O2/c1-15-13(9-6-16-18(2)7-9)14(21)17-10-5-12(20)19(8-10)11-3-4-11/h6-7,10-11,13,15H,3-5,8H2,1-2H3,(H,17,21). The van der Waals surface area contributed by atoms with E-state index in [2.05, 4.69) is 15.7 Å². The molecule has 114 valence electrons. The molecule has 2 unspecified atom stereocenters. The summed E-state index contributed by atoms with van der Waals surface area (Å²) in [7, 11) is 3.56. The number of nitrogens with one attached hydrogen (secondary N) is 2. The van der Waals surface area contributed by atoms with Gasteiger partial charge in [-0.15, -0.1) is 0 Å². The molecule has 3 rings (SSSR count). The molecule has 1 saturated heterocycles. The van der Waals surface area contributed by atoms with Crippen molar-refractivity contribution in [3.05, 3.63) is 18.0 Å². The second-order valence-electron chi connectivity index (χ2n) is 5.86. The van der Waals surface area contributed by atoms with Crippen LogP contribution in [0.15, 0.2) is 12.4 Å². The average molecular weight is 291 g/mol. The summed E-state index contributed by atoms with van der Waals surface area (Å²) in [6, 6.07) is -0.111. The van der Waals surface area contributed by atoms with Crippen molar-refractivity contribution in [1.29, 1.82) is 0 Å². The van der Waals surface area contributed by atoms with Gasteiger partial charge in [0, 0.05) is 37.8 Å². The van der Waals surface area contributed by atoms with Crippen molar-refractivity contribution in [2.45, 2.75) is 37.4 Å². The van der Waals surface area contributed by atoms with Crippen molar-refractivity contribution >= 4 is 11.8 Å². The van der Waals surface area contributed by atoms with Gasteiger partial charge in [-0.05, 0) is 19.9 Å². The average Bonchev–Trinajstić information content (AvgIpc) is 3.10. The Labute approximate surface area is 123 Å². The van der Waals surface area contributed by atoms with Gasteiger partial charge in [-0.3, -0.25) is 14.3 Å². The van der Waals surface area contributed by atoms with E-state index in [1.807, 2.05) is 18.1 Å². The second-order valence-corrected chi connectivity index (χ2v) is 5.86. The SMILES string of the molecule is CNC(C(=O)NC1CC(=O)N(C2CC2)C1)c1cnn(C)c1. The first-order valence-corrected chi connectivity index (χ1v) is 7.34. The van der Waals surface area contributed by atoms with Crippen molar-refractivity contribution < 1.29 is 9.59 Å². The van der Waals surface area contributed by atoms with Crippen LogP contribution in [0.25, 0.3) is 0 Å². The number of carbonyl (C=O) groups is 2. The Balaban J connectivity index is 1.61. The van der Waals surface area contributed by atoms with E-state index in [-0.39, 0.29) is 17.9 Å². The van der Waals surface area contributed by atoms with Crippen molar-refractivity contribution in [2.24, 2.45) is 7.05 Å². The smallest absolute Gasteiger partial charge is 0.242 e. The quantitative estimate of drug-likeness (QED) is 0.771. The van der Waals surface area contributed by atoms with Crippen LogP contribution in [0.5, 0.6) is 0 Å². The molecule has 0 aromatic carbocycles. The lowest BCUT2D eigenvalue weighted by atomic mass is 10.1. The van der Waals surface area contributed by atoms with Gasteiger partial charge < -0.3 is 15.5 Å². The van der Waals surface area contributed by atoms with Gasteiger partial charge in [-0.2, -0.15) is 5.10 Å². The maximum absolute atomic E-state index is 12.4.